The molecular formula is C65H47BN2. The van der Waals surface area contributed by atoms with Gasteiger partial charge < -0.3 is 9.71 Å². The molecule has 0 fully saturated rings. The van der Waals surface area contributed by atoms with Crippen molar-refractivity contribution < 1.29 is 0 Å². The van der Waals surface area contributed by atoms with E-state index < -0.39 is 10.8 Å². The lowest BCUT2D eigenvalue weighted by atomic mass is 9.41. The summed E-state index contributed by atoms with van der Waals surface area (Å²) in [4.78, 5) is 5.41. The quantitative estimate of drug-likeness (QED) is 0.159. The van der Waals surface area contributed by atoms with Gasteiger partial charge in [0.25, 0.3) is 0 Å². The molecule has 4 heterocycles. The first kappa shape index (κ1) is 39.1. The molecule has 14 rings (SSSR count). The fourth-order valence-electron chi connectivity index (χ4n) is 13.6. The zero-order valence-corrected chi connectivity index (χ0v) is 38.4. The maximum atomic E-state index is 2.75. The average molecular weight is 867 g/mol. The number of anilines is 5. The van der Waals surface area contributed by atoms with Crippen LogP contribution < -0.4 is 20.6 Å². The summed E-state index contributed by atoms with van der Waals surface area (Å²) in [7, 11) is 0. The standard InChI is InChI=1S/C65H47BN2/c1-42-38-43(2)60(44(3)39-42)45-40-51-50-30-20-33-54-62(50)68(58-37-19-17-32-53(58)65(54,48-26-12-6-13-27-48)49-28-14-7-15-29-49)66-56-35-21-34-55-63(56)67(59(41-45)61(51)66)57-36-18-16-31-52(57)64(55,46-22-8-4-9-23-46)47-24-10-5-11-25-47/h4-41H,1-3H3. The molecule has 0 N–H and O–H groups in total. The molecule has 10 aromatic carbocycles. The van der Waals surface area contributed by atoms with Gasteiger partial charge in [-0.25, -0.2) is 0 Å². The molecule has 2 nitrogen and oxygen atoms in total. The first-order valence-corrected chi connectivity index (χ1v) is 24.0. The highest BCUT2D eigenvalue weighted by molar-refractivity contribution is 6.94. The Morgan fingerprint density at radius 3 is 1.38 bits per heavy atom. The molecule has 0 saturated heterocycles. The van der Waals surface area contributed by atoms with Crippen molar-refractivity contribution in [3.8, 4) is 22.3 Å². The van der Waals surface area contributed by atoms with Crippen molar-refractivity contribution in [1.82, 2.24) is 0 Å². The van der Waals surface area contributed by atoms with Gasteiger partial charge in [0.1, 0.15) is 0 Å². The summed E-state index contributed by atoms with van der Waals surface area (Å²) in [6, 6.07) is 87.6. The summed E-state index contributed by atoms with van der Waals surface area (Å²) in [5, 5.41) is 0. The van der Waals surface area contributed by atoms with Crippen LogP contribution in [0.5, 0.6) is 0 Å². The van der Waals surface area contributed by atoms with E-state index >= 15 is 0 Å². The minimum atomic E-state index is -0.601. The number of para-hydroxylation sites is 4. The van der Waals surface area contributed by atoms with E-state index in [9.17, 15) is 0 Å². The van der Waals surface area contributed by atoms with E-state index in [1.807, 2.05) is 0 Å². The Hall–Kier alpha value is -8.14. The van der Waals surface area contributed by atoms with Crippen molar-refractivity contribution in [2.45, 2.75) is 31.6 Å². The molecule has 0 saturated carbocycles. The third kappa shape index (κ3) is 4.98. The number of rotatable bonds is 5. The van der Waals surface area contributed by atoms with Gasteiger partial charge in [0.15, 0.2) is 0 Å². The van der Waals surface area contributed by atoms with Crippen molar-refractivity contribution in [3.63, 3.8) is 0 Å². The normalized spacial score (nSPS) is 14.8. The summed E-state index contributed by atoms with van der Waals surface area (Å²) in [6.07, 6.45) is 0. The first-order chi connectivity index (χ1) is 33.5. The van der Waals surface area contributed by atoms with E-state index in [0.717, 1.165) is 0 Å². The average Bonchev–Trinajstić information content (AvgIpc) is 3.38. The zero-order chi connectivity index (χ0) is 45.3. The van der Waals surface area contributed by atoms with Gasteiger partial charge >= 0.3 is 6.85 Å². The predicted molar refractivity (Wildman–Crippen MR) is 284 cm³/mol. The van der Waals surface area contributed by atoms with Crippen LogP contribution in [0.4, 0.5) is 28.4 Å². The van der Waals surface area contributed by atoms with E-state index in [0.29, 0.717) is 0 Å². The third-order valence-electron chi connectivity index (χ3n) is 15.8. The van der Waals surface area contributed by atoms with Crippen LogP contribution in [0.2, 0.25) is 0 Å². The van der Waals surface area contributed by atoms with Gasteiger partial charge in [0, 0.05) is 28.3 Å². The Bertz CT molecular complexity index is 3570. The van der Waals surface area contributed by atoms with Crippen molar-refractivity contribution in [2.75, 3.05) is 9.71 Å². The molecule has 0 atom stereocenters. The molecule has 0 amide bonds. The number of nitrogens with zero attached hydrogens (tertiary/aromatic N) is 2. The summed E-state index contributed by atoms with van der Waals surface area (Å²) in [6.45, 7) is 6.65. The molecule has 0 unspecified atom stereocenters. The van der Waals surface area contributed by atoms with Crippen molar-refractivity contribution in [2.24, 2.45) is 0 Å². The zero-order valence-electron chi connectivity index (χ0n) is 38.4. The SMILES string of the molecule is Cc1cc(C)c(-c2cc3c4c(c2)N2c5ccccc5C(c5ccccc5)(c5ccccc5)c5cccc(c52)B4N2c4ccccc4C(c4ccccc4)(c4ccccc4)c4cccc-3c42)c(C)c1. The highest BCUT2D eigenvalue weighted by atomic mass is 15.2. The molecule has 0 spiro atoms. The lowest BCUT2D eigenvalue weighted by Crippen LogP contribution is -2.64. The molecule has 0 bridgehead atoms. The highest BCUT2D eigenvalue weighted by Gasteiger charge is 2.56. The summed E-state index contributed by atoms with van der Waals surface area (Å²) in [5.41, 5.74) is 26.8. The highest BCUT2D eigenvalue weighted by Crippen LogP contribution is 2.63. The van der Waals surface area contributed by atoms with Crippen molar-refractivity contribution in [1.29, 1.82) is 0 Å². The van der Waals surface area contributed by atoms with Gasteiger partial charge in [0.2, 0.25) is 0 Å². The van der Waals surface area contributed by atoms with Crippen LogP contribution in [0.25, 0.3) is 22.3 Å². The van der Waals surface area contributed by atoms with Gasteiger partial charge in [-0.1, -0.05) is 212 Å². The number of fused-ring (bicyclic) bond motifs is 8. The summed E-state index contributed by atoms with van der Waals surface area (Å²) in [5.74, 6) is 0. The van der Waals surface area contributed by atoms with Crippen molar-refractivity contribution in [3.05, 3.63) is 292 Å². The van der Waals surface area contributed by atoms with E-state index in [1.165, 1.54) is 123 Å². The fraction of sp³-hybridized carbons (Fsp3) is 0.0769. The van der Waals surface area contributed by atoms with E-state index in [4.69, 9.17) is 0 Å². The lowest BCUT2D eigenvalue weighted by Gasteiger charge is -2.55. The molecular weight excluding hydrogens is 820 g/mol. The summed E-state index contributed by atoms with van der Waals surface area (Å²) < 4.78 is 0. The third-order valence-corrected chi connectivity index (χ3v) is 15.8. The lowest BCUT2D eigenvalue weighted by molar-refractivity contribution is 0.731. The molecule has 3 heteroatoms. The molecule has 4 aliphatic rings. The second-order valence-corrected chi connectivity index (χ2v) is 19.3. The number of hydrogen-bond donors (Lipinski definition) is 0. The Morgan fingerprint density at radius 2 is 0.824 bits per heavy atom. The minimum absolute atomic E-state index is 0.144. The Balaban J connectivity index is 1.17. The van der Waals surface area contributed by atoms with E-state index in [1.54, 1.807) is 0 Å². The second-order valence-electron chi connectivity index (χ2n) is 19.3. The van der Waals surface area contributed by atoms with Gasteiger partial charge in [0.05, 0.1) is 16.5 Å². The van der Waals surface area contributed by atoms with E-state index in [2.05, 4.69) is 261 Å². The number of hydrogen-bond acceptors (Lipinski definition) is 2. The number of aryl methyl sites for hydroxylation is 3. The number of benzene rings is 10. The molecule has 4 aliphatic heterocycles. The fourth-order valence-corrected chi connectivity index (χ4v) is 13.6. The molecule has 0 aliphatic carbocycles. The first-order valence-electron chi connectivity index (χ1n) is 24.0. The molecule has 0 radical (unpaired) electrons. The second kappa shape index (κ2) is 14.4. The maximum absolute atomic E-state index is 2.75. The topological polar surface area (TPSA) is 6.48 Å². The van der Waals surface area contributed by atoms with Gasteiger partial charge in [-0.2, -0.15) is 0 Å². The van der Waals surface area contributed by atoms with Crippen LogP contribution in [0.1, 0.15) is 61.2 Å². The molecule has 320 valence electrons. The summed E-state index contributed by atoms with van der Waals surface area (Å²) >= 11 is 0. The monoisotopic (exact) mass is 866 g/mol. The van der Waals surface area contributed by atoms with Crippen LogP contribution >= 0.6 is 0 Å². The Labute approximate surface area is 399 Å². The van der Waals surface area contributed by atoms with Crippen LogP contribution in [0, 0.1) is 20.8 Å². The van der Waals surface area contributed by atoms with E-state index in [-0.39, 0.29) is 6.85 Å². The molecule has 10 aromatic rings. The molecule has 68 heavy (non-hydrogen) atoms. The van der Waals surface area contributed by atoms with Gasteiger partial charge in [-0.05, 0) is 128 Å². The smallest absolute Gasteiger partial charge is 0.333 e. The van der Waals surface area contributed by atoms with Gasteiger partial charge in [-0.3, -0.25) is 0 Å². The Morgan fingerprint density at radius 1 is 0.368 bits per heavy atom. The van der Waals surface area contributed by atoms with Crippen LogP contribution in [-0.4, -0.2) is 6.85 Å². The minimum Gasteiger partial charge on any atom is -0.376 e. The largest absolute Gasteiger partial charge is 0.376 e. The van der Waals surface area contributed by atoms with Crippen LogP contribution in [-0.2, 0) is 10.8 Å². The van der Waals surface area contributed by atoms with Crippen LogP contribution in [0.3, 0.4) is 0 Å². The molecule has 0 aromatic heterocycles. The van der Waals surface area contributed by atoms with Crippen molar-refractivity contribution >= 4 is 46.2 Å². The van der Waals surface area contributed by atoms with Crippen LogP contribution in [0.15, 0.2) is 231 Å². The maximum Gasteiger partial charge on any atom is 0.333 e. The predicted octanol–water partition coefficient (Wildman–Crippen LogP) is 14.4. The Kier molecular flexibility index (Phi) is 8.29. The van der Waals surface area contributed by atoms with Gasteiger partial charge in [-0.15, -0.1) is 0 Å².